The topological polar surface area (TPSA) is 32.7 Å². The third-order valence-corrected chi connectivity index (χ3v) is 3.64. The maximum Gasteiger partial charge on any atom is 0.0622 e. The number of morpholine rings is 1. The molecule has 1 aliphatic heterocycles. The van der Waals surface area contributed by atoms with Crippen LogP contribution in [0, 0.1) is 5.41 Å². The average molecular weight is 215 g/mol. The second-order valence-corrected chi connectivity index (χ2v) is 4.93. The summed E-state index contributed by atoms with van der Waals surface area (Å²) >= 11 is 0. The first-order valence-corrected chi connectivity index (χ1v) is 6.08. The highest BCUT2D eigenvalue weighted by molar-refractivity contribution is 4.82. The summed E-state index contributed by atoms with van der Waals surface area (Å²) in [6.07, 6.45) is 2.16. The molecule has 3 nitrogen and oxygen atoms in total. The van der Waals surface area contributed by atoms with Gasteiger partial charge in [-0.3, -0.25) is 4.90 Å². The van der Waals surface area contributed by atoms with E-state index in [-0.39, 0.29) is 12.0 Å². The van der Waals surface area contributed by atoms with Gasteiger partial charge in [0.15, 0.2) is 0 Å². The molecule has 0 aliphatic carbocycles. The largest absolute Gasteiger partial charge is 0.396 e. The Hall–Kier alpha value is -0.120. The molecule has 0 radical (unpaired) electrons. The van der Waals surface area contributed by atoms with Gasteiger partial charge in [0.1, 0.15) is 0 Å². The van der Waals surface area contributed by atoms with E-state index in [1.165, 1.54) is 0 Å². The molecule has 2 atom stereocenters. The first-order chi connectivity index (χ1) is 7.15. The van der Waals surface area contributed by atoms with E-state index in [1.807, 2.05) is 0 Å². The molecule has 2 unspecified atom stereocenters. The van der Waals surface area contributed by atoms with Crippen LogP contribution < -0.4 is 0 Å². The van der Waals surface area contributed by atoms with Crippen molar-refractivity contribution in [2.24, 2.45) is 5.41 Å². The summed E-state index contributed by atoms with van der Waals surface area (Å²) < 4.78 is 5.48. The molecule has 1 fully saturated rings. The van der Waals surface area contributed by atoms with Crippen molar-refractivity contribution in [1.29, 1.82) is 0 Å². The van der Waals surface area contributed by atoms with Gasteiger partial charge in [0.05, 0.1) is 13.2 Å². The molecule has 1 heterocycles. The summed E-state index contributed by atoms with van der Waals surface area (Å²) in [5.41, 5.74) is 0.0464. The number of aliphatic hydroxyl groups excluding tert-OH is 1. The van der Waals surface area contributed by atoms with Gasteiger partial charge in [-0.1, -0.05) is 20.8 Å². The van der Waals surface area contributed by atoms with E-state index in [1.54, 1.807) is 0 Å². The van der Waals surface area contributed by atoms with Crippen LogP contribution in [0.2, 0.25) is 0 Å². The van der Waals surface area contributed by atoms with E-state index in [2.05, 4.69) is 25.7 Å². The van der Waals surface area contributed by atoms with Crippen molar-refractivity contribution in [1.82, 2.24) is 4.90 Å². The van der Waals surface area contributed by atoms with Crippen molar-refractivity contribution in [2.45, 2.75) is 39.7 Å². The lowest BCUT2D eigenvalue weighted by Gasteiger charge is -2.40. The van der Waals surface area contributed by atoms with Gasteiger partial charge in [-0.05, 0) is 12.8 Å². The third kappa shape index (κ3) is 3.44. The molecule has 1 rings (SSSR count). The van der Waals surface area contributed by atoms with E-state index in [9.17, 15) is 5.11 Å². The van der Waals surface area contributed by atoms with Gasteiger partial charge in [0.2, 0.25) is 0 Å². The summed E-state index contributed by atoms with van der Waals surface area (Å²) in [4.78, 5) is 2.48. The van der Waals surface area contributed by atoms with Crippen LogP contribution in [0.4, 0.5) is 0 Å². The van der Waals surface area contributed by atoms with E-state index in [0.717, 1.165) is 39.1 Å². The van der Waals surface area contributed by atoms with Crippen LogP contribution in [-0.2, 0) is 4.74 Å². The Morgan fingerprint density at radius 1 is 1.47 bits per heavy atom. The molecule has 1 saturated heterocycles. The van der Waals surface area contributed by atoms with Crippen LogP contribution in [0.15, 0.2) is 0 Å². The zero-order valence-electron chi connectivity index (χ0n) is 10.3. The third-order valence-electron chi connectivity index (χ3n) is 3.64. The van der Waals surface area contributed by atoms with Gasteiger partial charge in [-0.25, -0.2) is 0 Å². The fourth-order valence-corrected chi connectivity index (χ4v) is 2.04. The summed E-state index contributed by atoms with van der Waals surface area (Å²) in [5.74, 6) is 0. The Kier molecular flexibility index (Phi) is 5.03. The highest BCUT2D eigenvalue weighted by Crippen LogP contribution is 2.24. The second kappa shape index (κ2) is 5.83. The van der Waals surface area contributed by atoms with E-state index in [0.29, 0.717) is 6.04 Å². The molecule has 0 aromatic rings. The van der Waals surface area contributed by atoms with E-state index < -0.39 is 0 Å². The zero-order valence-corrected chi connectivity index (χ0v) is 10.3. The number of rotatable bonds is 5. The average Bonchev–Trinajstić information content (AvgIpc) is 2.29. The fourth-order valence-electron chi connectivity index (χ4n) is 2.04. The standard InChI is InChI=1S/C12H25NO2/c1-4-11-8-15-7-6-13(11)9-12(3,5-2)10-14/h11,14H,4-10H2,1-3H3. The van der Waals surface area contributed by atoms with Crippen molar-refractivity contribution in [3.8, 4) is 0 Å². The van der Waals surface area contributed by atoms with Crippen LogP contribution in [-0.4, -0.2) is 49.0 Å². The first-order valence-electron chi connectivity index (χ1n) is 6.08. The molecular formula is C12H25NO2. The minimum atomic E-state index is 0.0464. The van der Waals surface area contributed by atoms with Crippen LogP contribution in [0.5, 0.6) is 0 Å². The molecule has 90 valence electrons. The number of ether oxygens (including phenoxy) is 1. The van der Waals surface area contributed by atoms with Crippen LogP contribution in [0.1, 0.15) is 33.6 Å². The molecule has 0 amide bonds. The number of hydrogen-bond acceptors (Lipinski definition) is 3. The number of nitrogens with zero attached hydrogens (tertiary/aromatic N) is 1. The number of hydrogen-bond donors (Lipinski definition) is 1. The zero-order chi connectivity index (χ0) is 11.3. The molecule has 0 bridgehead atoms. The second-order valence-electron chi connectivity index (χ2n) is 4.93. The number of aliphatic hydroxyl groups is 1. The fraction of sp³-hybridized carbons (Fsp3) is 1.00. The van der Waals surface area contributed by atoms with Crippen LogP contribution in [0.25, 0.3) is 0 Å². The molecule has 0 aromatic carbocycles. The van der Waals surface area contributed by atoms with Gasteiger partial charge in [0.25, 0.3) is 0 Å². The highest BCUT2D eigenvalue weighted by atomic mass is 16.5. The Balaban J connectivity index is 2.53. The van der Waals surface area contributed by atoms with Crippen molar-refractivity contribution in [3.63, 3.8) is 0 Å². The Labute approximate surface area is 93.4 Å². The minimum absolute atomic E-state index is 0.0464. The summed E-state index contributed by atoms with van der Waals surface area (Å²) in [6.45, 7) is 10.5. The summed E-state index contributed by atoms with van der Waals surface area (Å²) in [7, 11) is 0. The predicted molar refractivity (Wildman–Crippen MR) is 62.0 cm³/mol. The lowest BCUT2D eigenvalue weighted by Crippen LogP contribution is -2.50. The van der Waals surface area contributed by atoms with Crippen molar-refractivity contribution in [3.05, 3.63) is 0 Å². The Bertz CT molecular complexity index is 180. The van der Waals surface area contributed by atoms with E-state index >= 15 is 0 Å². The monoisotopic (exact) mass is 215 g/mol. The lowest BCUT2D eigenvalue weighted by atomic mass is 9.87. The quantitative estimate of drug-likeness (QED) is 0.754. The highest BCUT2D eigenvalue weighted by Gasteiger charge is 2.29. The van der Waals surface area contributed by atoms with Crippen molar-refractivity contribution in [2.75, 3.05) is 32.9 Å². The summed E-state index contributed by atoms with van der Waals surface area (Å²) in [6, 6.07) is 0.538. The van der Waals surface area contributed by atoms with Crippen LogP contribution >= 0.6 is 0 Å². The molecular weight excluding hydrogens is 190 g/mol. The Morgan fingerprint density at radius 3 is 2.73 bits per heavy atom. The van der Waals surface area contributed by atoms with Crippen molar-refractivity contribution >= 4 is 0 Å². The molecule has 0 aromatic heterocycles. The van der Waals surface area contributed by atoms with Crippen molar-refractivity contribution < 1.29 is 9.84 Å². The van der Waals surface area contributed by atoms with Gasteiger partial charge in [-0.15, -0.1) is 0 Å². The van der Waals surface area contributed by atoms with Crippen LogP contribution in [0.3, 0.4) is 0 Å². The normalized spacial score (nSPS) is 27.6. The Morgan fingerprint density at radius 2 is 2.20 bits per heavy atom. The maximum atomic E-state index is 9.42. The molecule has 15 heavy (non-hydrogen) atoms. The van der Waals surface area contributed by atoms with Gasteiger partial charge in [-0.2, -0.15) is 0 Å². The maximum absolute atomic E-state index is 9.42. The minimum Gasteiger partial charge on any atom is -0.396 e. The SMILES string of the molecule is CCC1COCCN1CC(C)(CC)CO. The molecule has 1 N–H and O–H groups in total. The summed E-state index contributed by atoms with van der Waals surface area (Å²) in [5, 5.41) is 9.42. The first kappa shape index (κ1) is 12.9. The van der Waals surface area contributed by atoms with Gasteiger partial charge >= 0.3 is 0 Å². The molecule has 0 saturated carbocycles. The molecule has 0 spiro atoms. The van der Waals surface area contributed by atoms with E-state index in [4.69, 9.17) is 4.74 Å². The van der Waals surface area contributed by atoms with Gasteiger partial charge < -0.3 is 9.84 Å². The lowest BCUT2D eigenvalue weighted by molar-refractivity contribution is -0.0348. The smallest absolute Gasteiger partial charge is 0.0622 e. The molecule has 3 heteroatoms. The van der Waals surface area contributed by atoms with Gasteiger partial charge in [0, 0.05) is 31.2 Å². The molecule has 1 aliphatic rings. The predicted octanol–water partition coefficient (Wildman–Crippen LogP) is 1.51.